The predicted molar refractivity (Wildman–Crippen MR) is 72.3 cm³/mol. The Morgan fingerprint density at radius 3 is 2.42 bits per heavy atom. The van der Waals surface area contributed by atoms with Gasteiger partial charge in [0.05, 0.1) is 7.11 Å². The van der Waals surface area contributed by atoms with Gasteiger partial charge in [0.15, 0.2) is 6.29 Å². The van der Waals surface area contributed by atoms with Gasteiger partial charge in [0, 0.05) is 31.6 Å². The number of aliphatic imine (C=N–C) groups is 1. The first-order chi connectivity index (χ1) is 9.13. The fourth-order valence-electron chi connectivity index (χ4n) is 1.62. The van der Waals surface area contributed by atoms with Gasteiger partial charge < -0.3 is 14.2 Å². The molecular formula is C14H19NO4. The van der Waals surface area contributed by atoms with Crippen molar-refractivity contribution in [3.05, 3.63) is 35.4 Å². The van der Waals surface area contributed by atoms with Crippen molar-refractivity contribution >= 4 is 12.2 Å². The third-order valence-electron chi connectivity index (χ3n) is 2.66. The Kier molecular flexibility index (Phi) is 6.18. The topological polar surface area (TPSA) is 57.1 Å². The molecule has 0 N–H and O–H groups in total. The van der Waals surface area contributed by atoms with Gasteiger partial charge in [0.1, 0.15) is 6.04 Å². The Balaban J connectivity index is 2.95. The number of methoxy groups -OCH3 is 3. The molecule has 0 saturated heterocycles. The summed E-state index contributed by atoms with van der Waals surface area (Å²) in [6, 6.07) is 7.01. The zero-order valence-corrected chi connectivity index (χ0v) is 11.6. The normalized spacial score (nSPS) is 12.9. The summed E-state index contributed by atoms with van der Waals surface area (Å²) in [6.45, 7) is 1.68. The highest BCUT2D eigenvalue weighted by Crippen LogP contribution is 2.20. The molecule has 0 amide bonds. The van der Waals surface area contributed by atoms with E-state index in [1.54, 1.807) is 27.4 Å². The lowest BCUT2D eigenvalue weighted by molar-refractivity contribution is -0.141. The minimum Gasteiger partial charge on any atom is -0.467 e. The van der Waals surface area contributed by atoms with Crippen LogP contribution in [0.3, 0.4) is 0 Å². The lowest BCUT2D eigenvalue weighted by atomic mass is 10.1. The molecule has 0 bridgehead atoms. The number of carbonyl (C=O) groups is 1. The van der Waals surface area contributed by atoms with Crippen LogP contribution in [0.15, 0.2) is 29.3 Å². The maximum atomic E-state index is 11.3. The molecule has 1 aromatic rings. The molecule has 19 heavy (non-hydrogen) atoms. The molecule has 0 aliphatic carbocycles. The number of esters is 1. The van der Waals surface area contributed by atoms with Gasteiger partial charge in [-0.15, -0.1) is 0 Å². The van der Waals surface area contributed by atoms with Gasteiger partial charge in [-0.25, -0.2) is 4.79 Å². The smallest absolute Gasteiger partial charge is 0.330 e. The highest BCUT2D eigenvalue weighted by Gasteiger charge is 2.13. The molecule has 0 saturated carbocycles. The molecule has 5 nitrogen and oxygen atoms in total. The Bertz CT molecular complexity index is 441. The molecule has 1 atom stereocenters. The predicted octanol–water partition coefficient (Wildman–Crippen LogP) is 1.96. The van der Waals surface area contributed by atoms with Crippen LogP contribution in [0.4, 0.5) is 0 Å². The summed E-state index contributed by atoms with van der Waals surface area (Å²) < 4.78 is 15.1. The van der Waals surface area contributed by atoms with Gasteiger partial charge in [-0.2, -0.15) is 0 Å². The minimum atomic E-state index is -0.540. The zero-order valence-electron chi connectivity index (χ0n) is 11.6. The summed E-state index contributed by atoms with van der Waals surface area (Å²) >= 11 is 0. The highest BCUT2D eigenvalue weighted by molar-refractivity contribution is 5.85. The fourth-order valence-corrected chi connectivity index (χ4v) is 1.62. The van der Waals surface area contributed by atoms with Crippen molar-refractivity contribution < 1.29 is 19.0 Å². The van der Waals surface area contributed by atoms with E-state index in [4.69, 9.17) is 9.47 Å². The summed E-state index contributed by atoms with van der Waals surface area (Å²) in [7, 11) is 4.48. The number of hydrogen-bond donors (Lipinski definition) is 0. The average Bonchev–Trinajstić information content (AvgIpc) is 2.46. The molecule has 0 heterocycles. The molecule has 1 unspecified atom stereocenters. The van der Waals surface area contributed by atoms with E-state index in [9.17, 15) is 4.79 Å². The van der Waals surface area contributed by atoms with E-state index in [0.29, 0.717) is 0 Å². The highest BCUT2D eigenvalue weighted by atomic mass is 16.7. The number of benzene rings is 1. The number of carbonyl (C=O) groups excluding carboxylic acids is 1. The third kappa shape index (κ3) is 4.15. The first-order valence-electron chi connectivity index (χ1n) is 5.89. The molecule has 0 aliphatic rings. The second-order valence-corrected chi connectivity index (χ2v) is 3.91. The van der Waals surface area contributed by atoms with E-state index in [1.165, 1.54) is 7.11 Å². The third-order valence-corrected chi connectivity index (χ3v) is 2.66. The quantitative estimate of drug-likeness (QED) is 0.448. The SMILES string of the molecule is COC(=O)C(C)/N=C\c1ccccc1C(OC)OC. The van der Waals surface area contributed by atoms with Gasteiger partial charge in [0.25, 0.3) is 0 Å². The molecule has 0 aromatic heterocycles. The van der Waals surface area contributed by atoms with Gasteiger partial charge in [-0.05, 0) is 6.92 Å². The van der Waals surface area contributed by atoms with Crippen molar-refractivity contribution in [3.8, 4) is 0 Å². The van der Waals surface area contributed by atoms with E-state index in [1.807, 2.05) is 24.3 Å². The second kappa shape index (κ2) is 7.66. The van der Waals surface area contributed by atoms with Crippen molar-refractivity contribution in [3.63, 3.8) is 0 Å². The fraction of sp³-hybridized carbons (Fsp3) is 0.429. The van der Waals surface area contributed by atoms with Crippen molar-refractivity contribution in [1.29, 1.82) is 0 Å². The lowest BCUT2D eigenvalue weighted by Gasteiger charge is -2.15. The van der Waals surface area contributed by atoms with Crippen molar-refractivity contribution in [1.82, 2.24) is 0 Å². The summed E-state index contributed by atoms with van der Waals surface area (Å²) in [5, 5.41) is 0. The van der Waals surface area contributed by atoms with E-state index < -0.39 is 12.3 Å². The van der Waals surface area contributed by atoms with Crippen LogP contribution in [-0.2, 0) is 19.0 Å². The van der Waals surface area contributed by atoms with Crippen LogP contribution in [0.25, 0.3) is 0 Å². The van der Waals surface area contributed by atoms with E-state index in [-0.39, 0.29) is 5.97 Å². The maximum Gasteiger partial charge on any atom is 0.330 e. The van der Waals surface area contributed by atoms with E-state index >= 15 is 0 Å². The number of nitrogens with zero attached hydrogens (tertiary/aromatic N) is 1. The lowest BCUT2D eigenvalue weighted by Crippen LogP contribution is -2.16. The first kappa shape index (κ1) is 15.3. The molecule has 0 radical (unpaired) electrons. The van der Waals surface area contributed by atoms with Gasteiger partial charge in [0.2, 0.25) is 0 Å². The van der Waals surface area contributed by atoms with Crippen molar-refractivity contribution in [2.24, 2.45) is 4.99 Å². The molecular weight excluding hydrogens is 246 g/mol. The average molecular weight is 265 g/mol. The number of ether oxygens (including phenoxy) is 3. The Labute approximate surface area is 113 Å². The van der Waals surface area contributed by atoms with Gasteiger partial charge >= 0.3 is 5.97 Å². The van der Waals surface area contributed by atoms with Crippen LogP contribution in [0.5, 0.6) is 0 Å². The molecule has 104 valence electrons. The monoisotopic (exact) mass is 265 g/mol. The van der Waals surface area contributed by atoms with E-state index in [2.05, 4.69) is 9.73 Å². The van der Waals surface area contributed by atoms with Crippen LogP contribution in [-0.4, -0.2) is 39.6 Å². The zero-order chi connectivity index (χ0) is 14.3. The maximum absolute atomic E-state index is 11.3. The number of rotatable bonds is 6. The second-order valence-electron chi connectivity index (χ2n) is 3.91. The summed E-state index contributed by atoms with van der Waals surface area (Å²) in [5.41, 5.74) is 1.69. The molecule has 0 aliphatic heterocycles. The number of hydrogen-bond acceptors (Lipinski definition) is 5. The van der Waals surface area contributed by atoms with Crippen LogP contribution < -0.4 is 0 Å². The Hall–Kier alpha value is -1.72. The standard InChI is InChI=1S/C14H19NO4/c1-10(13(16)17-2)15-9-11-7-5-6-8-12(11)14(18-3)19-4/h5-10,14H,1-4H3/b15-9-. The molecule has 5 heteroatoms. The Morgan fingerprint density at radius 1 is 1.21 bits per heavy atom. The van der Waals surface area contributed by atoms with Crippen molar-refractivity contribution in [2.45, 2.75) is 19.3 Å². The molecule has 1 rings (SSSR count). The Morgan fingerprint density at radius 2 is 1.84 bits per heavy atom. The summed E-state index contributed by atoms with van der Waals surface area (Å²) in [4.78, 5) is 15.4. The molecule has 1 aromatic carbocycles. The molecule has 0 fully saturated rings. The van der Waals surface area contributed by atoms with Crippen LogP contribution >= 0.6 is 0 Å². The van der Waals surface area contributed by atoms with Crippen LogP contribution in [0.2, 0.25) is 0 Å². The molecule has 0 spiro atoms. The summed E-state index contributed by atoms with van der Waals surface area (Å²) in [5.74, 6) is -0.372. The van der Waals surface area contributed by atoms with Crippen LogP contribution in [0, 0.1) is 0 Å². The minimum absolute atomic E-state index is 0.372. The van der Waals surface area contributed by atoms with Gasteiger partial charge in [-0.1, -0.05) is 24.3 Å². The first-order valence-corrected chi connectivity index (χ1v) is 5.89. The van der Waals surface area contributed by atoms with Gasteiger partial charge in [-0.3, -0.25) is 4.99 Å². The van der Waals surface area contributed by atoms with Crippen LogP contribution in [0.1, 0.15) is 24.3 Å². The largest absolute Gasteiger partial charge is 0.467 e. The van der Waals surface area contributed by atoms with Crippen molar-refractivity contribution in [2.75, 3.05) is 21.3 Å². The van der Waals surface area contributed by atoms with E-state index in [0.717, 1.165) is 11.1 Å². The summed E-state index contributed by atoms with van der Waals surface area (Å²) in [6.07, 6.45) is 1.16.